The highest BCUT2D eigenvalue weighted by atomic mass is 35.5. The van der Waals surface area contributed by atoms with Gasteiger partial charge in [-0.25, -0.2) is 4.98 Å². The third-order valence-electron chi connectivity index (χ3n) is 2.82. The molecule has 0 spiro atoms. The molecule has 4 nitrogen and oxygen atoms in total. The van der Waals surface area contributed by atoms with Crippen molar-refractivity contribution in [2.45, 2.75) is 19.4 Å². The number of hydrogen-bond donors (Lipinski definition) is 1. The molecule has 0 bridgehead atoms. The molecule has 0 radical (unpaired) electrons. The Morgan fingerprint density at radius 1 is 1.26 bits per heavy atom. The minimum atomic E-state index is 0.143. The Morgan fingerprint density at radius 2 is 2.00 bits per heavy atom. The van der Waals surface area contributed by atoms with Gasteiger partial charge in [0, 0.05) is 17.3 Å². The number of rotatable bonds is 5. The van der Waals surface area contributed by atoms with Crippen molar-refractivity contribution in [3.8, 4) is 5.88 Å². The van der Waals surface area contributed by atoms with Gasteiger partial charge in [-0.15, -0.1) is 0 Å². The highest BCUT2D eigenvalue weighted by Crippen LogP contribution is 2.22. The molecular weight excluding hydrogens is 262 g/mol. The Labute approximate surface area is 117 Å². The highest BCUT2D eigenvalue weighted by molar-refractivity contribution is 6.30. The van der Waals surface area contributed by atoms with E-state index in [1.54, 1.807) is 19.4 Å². The van der Waals surface area contributed by atoms with Crippen LogP contribution in [0.2, 0.25) is 5.02 Å². The molecule has 1 atom stereocenters. The summed E-state index contributed by atoms with van der Waals surface area (Å²) in [5, 5.41) is 4.03. The Kier molecular flexibility index (Phi) is 4.58. The summed E-state index contributed by atoms with van der Waals surface area (Å²) >= 11 is 5.90. The third kappa shape index (κ3) is 3.58. The number of halogens is 1. The maximum Gasteiger partial charge on any atom is 0.226 e. The molecule has 1 aromatic carbocycles. The predicted octanol–water partition coefficient (Wildman–Crippen LogP) is 3.70. The molecule has 0 saturated heterocycles. The minimum absolute atomic E-state index is 0.143. The summed E-state index contributed by atoms with van der Waals surface area (Å²) in [4.78, 5) is 8.44. The van der Waals surface area contributed by atoms with E-state index >= 15 is 0 Å². The van der Waals surface area contributed by atoms with Crippen molar-refractivity contribution in [1.82, 2.24) is 9.97 Å². The Balaban J connectivity index is 2.16. The first-order valence-electron chi connectivity index (χ1n) is 6.12. The van der Waals surface area contributed by atoms with Crippen molar-refractivity contribution in [3.05, 3.63) is 47.1 Å². The lowest BCUT2D eigenvalue weighted by Gasteiger charge is -2.17. The molecule has 0 fully saturated rings. The second-order valence-electron chi connectivity index (χ2n) is 4.08. The van der Waals surface area contributed by atoms with Gasteiger partial charge in [0.25, 0.3) is 0 Å². The van der Waals surface area contributed by atoms with E-state index in [9.17, 15) is 0 Å². The van der Waals surface area contributed by atoms with Crippen molar-refractivity contribution < 1.29 is 4.74 Å². The topological polar surface area (TPSA) is 47.0 Å². The monoisotopic (exact) mass is 277 g/mol. The van der Waals surface area contributed by atoms with E-state index in [2.05, 4.69) is 22.2 Å². The van der Waals surface area contributed by atoms with Crippen LogP contribution in [0.15, 0.2) is 36.5 Å². The minimum Gasteiger partial charge on any atom is -0.481 e. The molecule has 0 saturated carbocycles. The molecule has 2 aromatic rings. The molecule has 1 heterocycles. The van der Waals surface area contributed by atoms with E-state index in [1.807, 2.05) is 24.3 Å². The molecule has 0 aliphatic carbocycles. The van der Waals surface area contributed by atoms with Gasteiger partial charge in [0.1, 0.15) is 0 Å². The Hall–Kier alpha value is -1.81. The maximum atomic E-state index is 5.90. The standard InChI is InChI=1S/C14H16ClN3O/c1-3-12(10-4-6-11(15)7-5-10)17-14-16-9-8-13(18-14)19-2/h4-9,12H,3H2,1-2H3,(H,16,17,18). The van der Waals surface area contributed by atoms with E-state index in [-0.39, 0.29) is 6.04 Å². The maximum absolute atomic E-state index is 5.90. The van der Waals surface area contributed by atoms with Gasteiger partial charge < -0.3 is 10.1 Å². The van der Waals surface area contributed by atoms with Crippen LogP contribution >= 0.6 is 11.6 Å². The average molecular weight is 278 g/mol. The van der Waals surface area contributed by atoms with Crippen LogP contribution in [0.5, 0.6) is 5.88 Å². The number of methoxy groups -OCH3 is 1. The van der Waals surface area contributed by atoms with Gasteiger partial charge in [0.2, 0.25) is 11.8 Å². The number of benzene rings is 1. The molecule has 0 amide bonds. The van der Waals surface area contributed by atoms with Gasteiger partial charge >= 0.3 is 0 Å². The van der Waals surface area contributed by atoms with Gasteiger partial charge in [-0.1, -0.05) is 30.7 Å². The predicted molar refractivity (Wildman–Crippen MR) is 76.7 cm³/mol. The molecule has 0 aliphatic heterocycles. The SMILES string of the molecule is CCC(Nc1nccc(OC)n1)c1ccc(Cl)cc1. The van der Waals surface area contributed by atoms with Crippen LogP contribution in [0, 0.1) is 0 Å². The highest BCUT2D eigenvalue weighted by Gasteiger charge is 2.10. The fourth-order valence-electron chi connectivity index (χ4n) is 1.80. The number of aromatic nitrogens is 2. The van der Waals surface area contributed by atoms with Crippen molar-refractivity contribution >= 4 is 17.5 Å². The van der Waals surface area contributed by atoms with E-state index in [4.69, 9.17) is 16.3 Å². The van der Waals surface area contributed by atoms with E-state index in [0.717, 1.165) is 17.0 Å². The third-order valence-corrected chi connectivity index (χ3v) is 3.08. The molecule has 0 aliphatic rings. The number of nitrogens with zero attached hydrogens (tertiary/aromatic N) is 2. The summed E-state index contributed by atoms with van der Waals surface area (Å²) in [5.74, 6) is 1.10. The molecule has 2 rings (SSSR count). The molecule has 1 unspecified atom stereocenters. The van der Waals surface area contributed by atoms with Gasteiger partial charge in [-0.2, -0.15) is 4.98 Å². The molecule has 5 heteroatoms. The van der Waals surface area contributed by atoms with E-state index in [0.29, 0.717) is 11.8 Å². The van der Waals surface area contributed by atoms with Crippen molar-refractivity contribution in [3.63, 3.8) is 0 Å². The molecule has 19 heavy (non-hydrogen) atoms. The average Bonchev–Trinajstić information content (AvgIpc) is 2.46. The van der Waals surface area contributed by atoms with Crippen LogP contribution in [0.3, 0.4) is 0 Å². The quantitative estimate of drug-likeness (QED) is 0.905. The number of hydrogen-bond acceptors (Lipinski definition) is 4. The number of anilines is 1. The summed E-state index contributed by atoms with van der Waals surface area (Å²) in [6.45, 7) is 2.10. The smallest absolute Gasteiger partial charge is 0.226 e. The van der Waals surface area contributed by atoms with Crippen LogP contribution in [0.1, 0.15) is 24.9 Å². The van der Waals surface area contributed by atoms with Crippen molar-refractivity contribution in [1.29, 1.82) is 0 Å². The second-order valence-corrected chi connectivity index (χ2v) is 4.52. The normalized spacial score (nSPS) is 11.9. The fourth-order valence-corrected chi connectivity index (χ4v) is 1.92. The molecule has 1 aromatic heterocycles. The van der Waals surface area contributed by atoms with Gasteiger partial charge in [-0.3, -0.25) is 0 Å². The van der Waals surface area contributed by atoms with Gasteiger partial charge in [0.15, 0.2) is 0 Å². The summed E-state index contributed by atoms with van der Waals surface area (Å²) < 4.78 is 5.08. The van der Waals surface area contributed by atoms with Crippen molar-refractivity contribution in [2.75, 3.05) is 12.4 Å². The fraction of sp³-hybridized carbons (Fsp3) is 0.286. The molecule has 100 valence electrons. The lowest BCUT2D eigenvalue weighted by atomic mass is 10.1. The van der Waals surface area contributed by atoms with Crippen LogP contribution in [-0.4, -0.2) is 17.1 Å². The van der Waals surface area contributed by atoms with E-state index in [1.165, 1.54) is 0 Å². The second kappa shape index (κ2) is 6.38. The first-order valence-corrected chi connectivity index (χ1v) is 6.49. The zero-order valence-corrected chi connectivity index (χ0v) is 11.7. The summed E-state index contributed by atoms with van der Waals surface area (Å²) in [6, 6.07) is 9.63. The summed E-state index contributed by atoms with van der Waals surface area (Å²) in [6.07, 6.45) is 2.59. The van der Waals surface area contributed by atoms with Crippen LogP contribution < -0.4 is 10.1 Å². The Morgan fingerprint density at radius 3 is 2.63 bits per heavy atom. The van der Waals surface area contributed by atoms with Crippen molar-refractivity contribution in [2.24, 2.45) is 0 Å². The lowest BCUT2D eigenvalue weighted by molar-refractivity contribution is 0.397. The summed E-state index contributed by atoms with van der Waals surface area (Å²) in [7, 11) is 1.59. The summed E-state index contributed by atoms with van der Waals surface area (Å²) in [5.41, 5.74) is 1.15. The number of ether oxygens (including phenoxy) is 1. The zero-order chi connectivity index (χ0) is 13.7. The van der Waals surface area contributed by atoms with Gasteiger partial charge in [0.05, 0.1) is 13.2 Å². The first-order chi connectivity index (χ1) is 9.22. The molecule has 1 N–H and O–H groups in total. The van der Waals surface area contributed by atoms with Gasteiger partial charge in [-0.05, 0) is 24.1 Å². The zero-order valence-electron chi connectivity index (χ0n) is 10.9. The largest absolute Gasteiger partial charge is 0.481 e. The molecular formula is C14H16ClN3O. The number of nitrogens with one attached hydrogen (secondary N) is 1. The Bertz CT molecular complexity index is 530. The lowest BCUT2D eigenvalue weighted by Crippen LogP contribution is -2.12. The van der Waals surface area contributed by atoms with Crippen LogP contribution in [0.25, 0.3) is 0 Å². The van der Waals surface area contributed by atoms with Crippen LogP contribution in [-0.2, 0) is 0 Å². The van der Waals surface area contributed by atoms with Crippen LogP contribution in [0.4, 0.5) is 5.95 Å². The van der Waals surface area contributed by atoms with E-state index < -0.39 is 0 Å². The first kappa shape index (κ1) is 13.6.